The van der Waals surface area contributed by atoms with Crippen LogP contribution in [0.5, 0.6) is 5.75 Å². The molecule has 2 fully saturated rings. The highest BCUT2D eigenvalue weighted by Gasteiger charge is 2.60. The van der Waals surface area contributed by atoms with E-state index in [9.17, 15) is 37.5 Å². The zero-order valence-corrected chi connectivity index (χ0v) is 20.4. The molecule has 14 nitrogen and oxygen atoms in total. The summed E-state index contributed by atoms with van der Waals surface area (Å²) in [7, 11) is 0. The molecular weight excluding hydrogens is 551 g/mol. The maximum Gasteiger partial charge on any atom is 0.512 e. The summed E-state index contributed by atoms with van der Waals surface area (Å²) in [4.78, 5) is 48.5. The summed E-state index contributed by atoms with van der Waals surface area (Å²) in [5, 5.41) is 26.3. The van der Waals surface area contributed by atoms with Gasteiger partial charge in [-0.25, -0.2) is 14.3 Å². The first-order valence-electron chi connectivity index (χ1n) is 11.3. The Morgan fingerprint density at radius 2 is 1.95 bits per heavy atom. The Bertz CT molecular complexity index is 1360. The van der Waals surface area contributed by atoms with Crippen LogP contribution < -0.4 is 15.4 Å². The molecule has 2 saturated heterocycles. The SMILES string of the molecule is O=C(Cn1nnnc1SCC1=C(OC(=O)O)N2C(=O)[C@H]3NCCC1[C@H]32)Nc1ccc(OC(=O)C(F)(F)F)cc1. The number of thioether (sulfide) groups is 1. The van der Waals surface area contributed by atoms with Crippen molar-refractivity contribution in [3.05, 3.63) is 35.7 Å². The molecule has 2 aromatic rings. The largest absolute Gasteiger partial charge is 0.512 e. The minimum absolute atomic E-state index is 0.00363. The van der Waals surface area contributed by atoms with Crippen LogP contribution in [0.25, 0.3) is 0 Å². The Balaban J connectivity index is 1.21. The molecule has 18 heteroatoms. The molecule has 3 aliphatic heterocycles. The zero-order chi connectivity index (χ0) is 27.9. The van der Waals surface area contributed by atoms with Crippen molar-refractivity contribution in [2.24, 2.45) is 5.92 Å². The summed E-state index contributed by atoms with van der Waals surface area (Å²) >= 11 is 1.13. The number of nitrogens with one attached hydrogen (secondary N) is 2. The zero-order valence-electron chi connectivity index (χ0n) is 19.5. The van der Waals surface area contributed by atoms with Gasteiger partial charge in [0.25, 0.3) is 0 Å². The van der Waals surface area contributed by atoms with Crippen LogP contribution in [0.4, 0.5) is 23.7 Å². The van der Waals surface area contributed by atoms with Gasteiger partial charge in [-0.1, -0.05) is 11.8 Å². The van der Waals surface area contributed by atoms with Crippen LogP contribution in [-0.2, 0) is 25.7 Å². The van der Waals surface area contributed by atoms with Gasteiger partial charge in [-0.05, 0) is 47.7 Å². The number of aromatic nitrogens is 4. The summed E-state index contributed by atoms with van der Waals surface area (Å²) in [6.07, 6.45) is -6.00. The third-order valence-electron chi connectivity index (χ3n) is 6.23. The fourth-order valence-corrected chi connectivity index (χ4v) is 5.61. The predicted molar refractivity (Wildman–Crippen MR) is 122 cm³/mol. The molecule has 1 aromatic heterocycles. The highest BCUT2D eigenvalue weighted by molar-refractivity contribution is 7.99. The van der Waals surface area contributed by atoms with Gasteiger partial charge in [0.2, 0.25) is 22.9 Å². The number of hydrogen-bond donors (Lipinski definition) is 3. The Kier molecular flexibility index (Phi) is 6.89. The van der Waals surface area contributed by atoms with Crippen molar-refractivity contribution in [1.29, 1.82) is 0 Å². The highest BCUT2D eigenvalue weighted by atomic mass is 32.2. The third-order valence-corrected chi connectivity index (χ3v) is 7.24. The minimum Gasteiger partial charge on any atom is -0.449 e. The molecule has 0 bridgehead atoms. The number of carboxylic acid groups (broad SMARTS) is 1. The molecule has 39 heavy (non-hydrogen) atoms. The van der Waals surface area contributed by atoms with Gasteiger partial charge in [0.15, 0.2) is 0 Å². The van der Waals surface area contributed by atoms with E-state index in [2.05, 4.69) is 30.9 Å². The van der Waals surface area contributed by atoms with E-state index in [4.69, 9.17) is 4.74 Å². The molecule has 0 aliphatic carbocycles. The van der Waals surface area contributed by atoms with Gasteiger partial charge >= 0.3 is 18.3 Å². The lowest BCUT2D eigenvalue weighted by atomic mass is 9.80. The van der Waals surface area contributed by atoms with Crippen LogP contribution in [0.2, 0.25) is 0 Å². The molecule has 1 unspecified atom stereocenters. The average Bonchev–Trinajstić information content (AvgIpc) is 3.43. The molecule has 0 spiro atoms. The second-order valence-corrected chi connectivity index (χ2v) is 9.53. The van der Waals surface area contributed by atoms with Crippen LogP contribution in [0.15, 0.2) is 40.9 Å². The average molecular weight is 569 g/mol. The number of carbonyl (C=O) groups is 4. The van der Waals surface area contributed by atoms with Crippen molar-refractivity contribution in [2.75, 3.05) is 17.6 Å². The van der Waals surface area contributed by atoms with Gasteiger partial charge in [-0.2, -0.15) is 13.2 Å². The lowest BCUT2D eigenvalue weighted by Crippen LogP contribution is -2.71. The number of ether oxygens (including phenoxy) is 2. The number of rotatable bonds is 8. The maximum absolute atomic E-state index is 12.5. The molecule has 4 heterocycles. The summed E-state index contributed by atoms with van der Waals surface area (Å²) < 4.78 is 47.3. The van der Waals surface area contributed by atoms with Crippen LogP contribution in [0.3, 0.4) is 0 Å². The van der Waals surface area contributed by atoms with Crippen molar-refractivity contribution < 1.29 is 46.9 Å². The number of piperidine rings is 1. The van der Waals surface area contributed by atoms with Gasteiger partial charge in [0, 0.05) is 22.9 Å². The summed E-state index contributed by atoms with van der Waals surface area (Å²) in [5.74, 6) is -3.43. The van der Waals surface area contributed by atoms with E-state index in [0.29, 0.717) is 18.5 Å². The first-order valence-corrected chi connectivity index (χ1v) is 12.3. The molecule has 0 radical (unpaired) electrons. The van der Waals surface area contributed by atoms with E-state index >= 15 is 0 Å². The fraction of sp³-hybridized carbons (Fsp3) is 0.381. The van der Waals surface area contributed by atoms with E-state index < -0.39 is 30.2 Å². The molecule has 2 amide bonds. The Labute approximate surface area is 220 Å². The summed E-state index contributed by atoms with van der Waals surface area (Å²) in [6, 6.07) is 4.06. The number of anilines is 1. The smallest absolute Gasteiger partial charge is 0.449 e. The molecule has 0 saturated carbocycles. The quantitative estimate of drug-likeness (QED) is 0.178. The number of halogens is 3. The molecule has 3 aliphatic rings. The Morgan fingerprint density at radius 1 is 1.21 bits per heavy atom. The fourth-order valence-electron chi connectivity index (χ4n) is 4.64. The van der Waals surface area contributed by atoms with Crippen molar-refractivity contribution in [1.82, 2.24) is 30.4 Å². The second kappa shape index (κ2) is 10.2. The molecule has 3 atom stereocenters. The number of hydrogen-bond acceptors (Lipinski definition) is 11. The molecule has 5 rings (SSSR count). The summed E-state index contributed by atoms with van der Waals surface area (Å²) in [6.45, 7) is 0.268. The van der Waals surface area contributed by atoms with Gasteiger partial charge in [0.05, 0.1) is 6.04 Å². The number of tetrazole rings is 1. The second-order valence-electron chi connectivity index (χ2n) is 8.59. The standard InChI is InChI=1S/C21H18F3N7O7S/c22-21(23,24)18(34)37-10-3-1-9(2-4-10)26-13(32)7-30-19(27-28-29-30)39-8-12-11-5-6-25-14-15(11)31(16(14)33)17(12)38-20(35)36/h1-4,11,14-15,25H,5-8H2,(H,26,32)(H,35,36)/t11?,14-,15+/m0/s1. The number of alkyl halides is 3. The molecular formula is C21H18F3N7O7S. The minimum atomic E-state index is -5.14. The lowest BCUT2D eigenvalue weighted by molar-refractivity contribution is -0.189. The maximum atomic E-state index is 12.5. The number of amides is 2. The van der Waals surface area contributed by atoms with Crippen LogP contribution in [0.1, 0.15) is 6.42 Å². The summed E-state index contributed by atoms with van der Waals surface area (Å²) in [5.41, 5.74) is 0.852. The van der Waals surface area contributed by atoms with Gasteiger partial charge in [0.1, 0.15) is 18.3 Å². The number of β-lactam (4-membered cyclic amide) rings is 1. The normalized spacial score (nSPS) is 21.8. The van der Waals surface area contributed by atoms with Crippen molar-refractivity contribution in [2.45, 2.75) is 36.4 Å². The number of benzene rings is 1. The van der Waals surface area contributed by atoms with Crippen molar-refractivity contribution in [3.63, 3.8) is 0 Å². The van der Waals surface area contributed by atoms with Gasteiger partial charge in [-0.15, -0.1) is 5.10 Å². The van der Waals surface area contributed by atoms with Crippen molar-refractivity contribution in [3.8, 4) is 5.75 Å². The van der Waals surface area contributed by atoms with Crippen LogP contribution in [0, 0.1) is 5.92 Å². The topological polar surface area (TPSA) is 178 Å². The van der Waals surface area contributed by atoms with E-state index in [0.717, 1.165) is 23.9 Å². The van der Waals surface area contributed by atoms with E-state index in [1.54, 1.807) is 0 Å². The Hall–Kier alpha value is -4.19. The lowest BCUT2D eigenvalue weighted by Gasteiger charge is -2.48. The van der Waals surface area contributed by atoms with E-state index in [-0.39, 0.29) is 52.6 Å². The third kappa shape index (κ3) is 5.24. The molecule has 206 valence electrons. The van der Waals surface area contributed by atoms with E-state index in [1.165, 1.54) is 21.7 Å². The number of esters is 1. The van der Waals surface area contributed by atoms with Gasteiger partial charge in [-0.3, -0.25) is 14.5 Å². The Morgan fingerprint density at radius 3 is 2.64 bits per heavy atom. The van der Waals surface area contributed by atoms with Crippen LogP contribution in [-0.4, -0.2) is 84.7 Å². The van der Waals surface area contributed by atoms with Crippen LogP contribution >= 0.6 is 11.8 Å². The first-order chi connectivity index (χ1) is 18.5. The highest BCUT2D eigenvalue weighted by Crippen LogP contribution is 2.47. The van der Waals surface area contributed by atoms with Crippen molar-refractivity contribution >= 4 is 41.4 Å². The van der Waals surface area contributed by atoms with E-state index in [1.807, 2.05) is 0 Å². The first kappa shape index (κ1) is 26.4. The monoisotopic (exact) mass is 569 g/mol. The molecule has 1 aromatic carbocycles. The number of carbonyl (C=O) groups excluding carboxylic acids is 3. The molecule has 3 N–H and O–H groups in total. The van der Waals surface area contributed by atoms with Gasteiger partial charge < -0.3 is 25.2 Å². The number of nitrogens with zero attached hydrogens (tertiary/aromatic N) is 5. The predicted octanol–water partition coefficient (Wildman–Crippen LogP) is 0.980.